The molecule has 2 heterocycles. The van der Waals surface area contributed by atoms with E-state index in [0.29, 0.717) is 26.4 Å². The monoisotopic (exact) mass is 430 g/mol. The molecule has 4 rings (SSSR count). The number of hydrogen-bond acceptors (Lipinski definition) is 5. The number of thiophene rings is 1. The molecule has 2 amide bonds. The third-order valence-electron chi connectivity index (χ3n) is 4.50. The van der Waals surface area contributed by atoms with Crippen LogP contribution in [0.1, 0.15) is 22.5 Å². The van der Waals surface area contributed by atoms with E-state index in [2.05, 4.69) is 15.7 Å². The second-order valence-corrected chi connectivity index (χ2v) is 8.27. The summed E-state index contributed by atoms with van der Waals surface area (Å²) in [6.45, 7) is 0.136. The molecule has 2 aromatic heterocycles. The molecule has 1 fully saturated rings. The van der Waals surface area contributed by atoms with Crippen molar-refractivity contribution in [2.24, 2.45) is 5.92 Å². The SMILES string of the molecule is O=C(Nc1cc(-c2ccc(Cl)cc2)nn1CCO)c1ccc(NC(=O)C2CC2)s1. The number of aliphatic hydroxyl groups is 1. The Labute approximate surface area is 176 Å². The van der Waals surface area contributed by atoms with Gasteiger partial charge in [-0.2, -0.15) is 5.10 Å². The number of hydrogen-bond donors (Lipinski definition) is 3. The van der Waals surface area contributed by atoms with Crippen molar-refractivity contribution in [3.05, 3.63) is 52.4 Å². The largest absolute Gasteiger partial charge is 0.394 e. The summed E-state index contributed by atoms with van der Waals surface area (Å²) in [5, 5.41) is 20.7. The molecule has 0 saturated heterocycles. The molecule has 0 atom stereocenters. The third kappa shape index (κ3) is 4.67. The van der Waals surface area contributed by atoms with E-state index < -0.39 is 0 Å². The van der Waals surface area contributed by atoms with Crippen LogP contribution in [0.4, 0.5) is 10.8 Å². The Morgan fingerprint density at radius 1 is 1.17 bits per heavy atom. The lowest BCUT2D eigenvalue weighted by Gasteiger charge is -2.06. The van der Waals surface area contributed by atoms with E-state index in [1.807, 2.05) is 12.1 Å². The number of anilines is 2. The van der Waals surface area contributed by atoms with E-state index in [-0.39, 0.29) is 30.9 Å². The first-order valence-corrected chi connectivity index (χ1v) is 10.4. The summed E-state index contributed by atoms with van der Waals surface area (Å²) >= 11 is 7.16. The summed E-state index contributed by atoms with van der Waals surface area (Å²) in [6, 6.07) is 12.4. The minimum atomic E-state index is -0.302. The number of carbonyl (C=O) groups excluding carboxylic acids is 2. The summed E-state index contributed by atoms with van der Waals surface area (Å²) in [6.07, 6.45) is 1.85. The van der Waals surface area contributed by atoms with Gasteiger partial charge in [-0.15, -0.1) is 11.3 Å². The highest BCUT2D eigenvalue weighted by Gasteiger charge is 2.30. The summed E-state index contributed by atoms with van der Waals surface area (Å²) in [5.74, 6) is 0.288. The van der Waals surface area contributed by atoms with Gasteiger partial charge < -0.3 is 15.7 Å². The van der Waals surface area contributed by atoms with Crippen LogP contribution in [0.5, 0.6) is 0 Å². The highest BCUT2D eigenvalue weighted by Crippen LogP contribution is 2.32. The van der Waals surface area contributed by atoms with E-state index in [0.717, 1.165) is 18.4 Å². The average Bonchev–Trinajstić information content (AvgIpc) is 3.34. The minimum Gasteiger partial charge on any atom is -0.394 e. The lowest BCUT2D eigenvalue weighted by molar-refractivity contribution is -0.117. The summed E-state index contributed by atoms with van der Waals surface area (Å²) in [4.78, 5) is 25.0. The third-order valence-corrected chi connectivity index (χ3v) is 5.75. The number of amides is 2. The Hall–Kier alpha value is -2.68. The minimum absolute atomic E-state index is 0.00689. The Kier molecular flexibility index (Phi) is 5.66. The van der Waals surface area contributed by atoms with Crippen molar-refractivity contribution >= 4 is 45.6 Å². The van der Waals surface area contributed by atoms with Gasteiger partial charge in [-0.05, 0) is 37.1 Å². The van der Waals surface area contributed by atoms with Gasteiger partial charge in [-0.1, -0.05) is 23.7 Å². The molecule has 29 heavy (non-hydrogen) atoms. The topological polar surface area (TPSA) is 96.2 Å². The maximum absolute atomic E-state index is 12.7. The lowest BCUT2D eigenvalue weighted by Crippen LogP contribution is -2.15. The number of aliphatic hydroxyl groups excluding tert-OH is 1. The predicted molar refractivity (Wildman–Crippen MR) is 113 cm³/mol. The molecule has 0 aliphatic heterocycles. The van der Waals surface area contributed by atoms with Crippen LogP contribution in [0.2, 0.25) is 5.02 Å². The van der Waals surface area contributed by atoms with Gasteiger partial charge in [0.1, 0.15) is 5.82 Å². The van der Waals surface area contributed by atoms with Crippen molar-refractivity contribution in [2.75, 3.05) is 17.2 Å². The fourth-order valence-corrected chi connectivity index (χ4v) is 3.75. The second-order valence-electron chi connectivity index (χ2n) is 6.75. The highest BCUT2D eigenvalue weighted by molar-refractivity contribution is 7.18. The summed E-state index contributed by atoms with van der Waals surface area (Å²) < 4.78 is 1.55. The Balaban J connectivity index is 1.50. The van der Waals surface area contributed by atoms with Crippen LogP contribution in [-0.2, 0) is 11.3 Å². The zero-order valence-electron chi connectivity index (χ0n) is 15.4. The van der Waals surface area contributed by atoms with Crippen molar-refractivity contribution in [3.8, 4) is 11.3 Å². The van der Waals surface area contributed by atoms with E-state index in [4.69, 9.17) is 11.6 Å². The Morgan fingerprint density at radius 3 is 2.62 bits per heavy atom. The number of nitrogens with zero attached hydrogens (tertiary/aromatic N) is 2. The molecule has 1 aromatic carbocycles. The normalized spacial score (nSPS) is 13.3. The molecule has 150 valence electrons. The molecule has 1 saturated carbocycles. The van der Waals surface area contributed by atoms with Crippen LogP contribution in [0, 0.1) is 5.92 Å². The summed E-state index contributed by atoms with van der Waals surface area (Å²) in [7, 11) is 0. The van der Waals surface area contributed by atoms with Crippen LogP contribution >= 0.6 is 22.9 Å². The maximum Gasteiger partial charge on any atom is 0.266 e. The van der Waals surface area contributed by atoms with Crippen LogP contribution in [0.15, 0.2) is 42.5 Å². The van der Waals surface area contributed by atoms with Crippen molar-refractivity contribution < 1.29 is 14.7 Å². The number of carbonyl (C=O) groups is 2. The molecule has 1 aliphatic rings. The zero-order chi connectivity index (χ0) is 20.4. The van der Waals surface area contributed by atoms with Crippen molar-refractivity contribution in [2.45, 2.75) is 19.4 Å². The average molecular weight is 431 g/mol. The zero-order valence-corrected chi connectivity index (χ0v) is 17.0. The number of halogens is 1. The molecule has 3 N–H and O–H groups in total. The molecule has 7 nitrogen and oxygen atoms in total. The smallest absolute Gasteiger partial charge is 0.266 e. The number of nitrogens with one attached hydrogen (secondary N) is 2. The molecule has 0 spiro atoms. The fraction of sp³-hybridized carbons (Fsp3) is 0.250. The Bertz CT molecular complexity index is 1040. The van der Waals surface area contributed by atoms with Gasteiger partial charge in [0.15, 0.2) is 0 Å². The van der Waals surface area contributed by atoms with Crippen LogP contribution in [0.25, 0.3) is 11.3 Å². The van der Waals surface area contributed by atoms with E-state index in [9.17, 15) is 14.7 Å². The molecule has 0 unspecified atom stereocenters. The first-order valence-electron chi connectivity index (χ1n) is 9.20. The molecule has 1 aliphatic carbocycles. The molecular formula is C20H19ClN4O3S. The number of rotatable bonds is 7. The van der Waals surface area contributed by atoms with Gasteiger partial charge in [0.2, 0.25) is 5.91 Å². The molecular weight excluding hydrogens is 412 g/mol. The molecule has 9 heteroatoms. The summed E-state index contributed by atoms with van der Waals surface area (Å²) in [5.41, 5.74) is 1.51. The van der Waals surface area contributed by atoms with Crippen LogP contribution in [-0.4, -0.2) is 33.3 Å². The fourth-order valence-electron chi connectivity index (χ4n) is 2.82. The first kappa shape index (κ1) is 19.6. The predicted octanol–water partition coefficient (Wildman–Crippen LogP) is 3.86. The number of benzene rings is 1. The van der Waals surface area contributed by atoms with Crippen molar-refractivity contribution in [3.63, 3.8) is 0 Å². The van der Waals surface area contributed by atoms with Gasteiger partial charge in [0.05, 0.1) is 28.7 Å². The highest BCUT2D eigenvalue weighted by atomic mass is 35.5. The van der Waals surface area contributed by atoms with E-state index in [1.165, 1.54) is 11.3 Å². The van der Waals surface area contributed by atoms with Gasteiger partial charge in [0.25, 0.3) is 5.91 Å². The van der Waals surface area contributed by atoms with Crippen molar-refractivity contribution in [1.82, 2.24) is 9.78 Å². The van der Waals surface area contributed by atoms with E-state index >= 15 is 0 Å². The standard InChI is InChI=1S/C20H19ClN4O3S/c21-14-5-3-12(4-6-14)15-11-17(25(24-15)9-10-26)22-20(28)16-7-8-18(29-16)23-19(27)13-1-2-13/h3-8,11,13,26H,1-2,9-10H2,(H,22,28)(H,23,27). The first-order chi connectivity index (χ1) is 14.0. The van der Waals surface area contributed by atoms with Crippen LogP contribution in [0.3, 0.4) is 0 Å². The maximum atomic E-state index is 12.7. The van der Waals surface area contributed by atoms with Crippen molar-refractivity contribution in [1.29, 1.82) is 0 Å². The van der Waals surface area contributed by atoms with Gasteiger partial charge >= 0.3 is 0 Å². The molecule has 0 bridgehead atoms. The lowest BCUT2D eigenvalue weighted by atomic mass is 10.1. The van der Waals surface area contributed by atoms with Gasteiger partial charge in [-0.25, -0.2) is 4.68 Å². The van der Waals surface area contributed by atoms with Gasteiger partial charge in [0, 0.05) is 22.6 Å². The number of aromatic nitrogens is 2. The van der Waals surface area contributed by atoms with Gasteiger partial charge in [-0.3, -0.25) is 9.59 Å². The van der Waals surface area contributed by atoms with Crippen LogP contribution < -0.4 is 10.6 Å². The van der Waals surface area contributed by atoms with E-state index in [1.54, 1.807) is 35.0 Å². The second kappa shape index (κ2) is 8.36. The Morgan fingerprint density at radius 2 is 1.93 bits per heavy atom. The molecule has 0 radical (unpaired) electrons. The quantitative estimate of drug-likeness (QED) is 0.530. The molecule has 3 aromatic rings.